The number of amides is 1. The Morgan fingerprint density at radius 2 is 1.81 bits per heavy atom. The van der Waals surface area contributed by atoms with Gasteiger partial charge < -0.3 is 14.8 Å². The number of hydrogen-bond acceptors (Lipinski definition) is 4. The largest absolute Gasteiger partial charge is 0.495 e. The van der Waals surface area contributed by atoms with Crippen molar-refractivity contribution in [1.29, 1.82) is 0 Å². The van der Waals surface area contributed by atoms with E-state index in [0.29, 0.717) is 22.2 Å². The van der Waals surface area contributed by atoms with Crippen molar-refractivity contribution in [2.24, 2.45) is 0 Å². The van der Waals surface area contributed by atoms with Crippen molar-refractivity contribution in [3.63, 3.8) is 0 Å². The predicted octanol–water partition coefficient (Wildman–Crippen LogP) is 4.13. The topological polar surface area (TPSA) is 50.8 Å². The molecule has 0 fully saturated rings. The van der Waals surface area contributed by atoms with E-state index < -0.39 is 0 Å². The van der Waals surface area contributed by atoms with E-state index in [0.717, 1.165) is 5.56 Å². The lowest BCUT2D eigenvalue weighted by atomic mass is 10.1. The second-order valence-corrected chi connectivity index (χ2v) is 6.29. The van der Waals surface area contributed by atoms with Gasteiger partial charge >= 0.3 is 0 Å². The number of ether oxygens (including phenoxy) is 2. The molecule has 1 N–H and O–H groups in total. The van der Waals surface area contributed by atoms with E-state index in [1.807, 2.05) is 18.9 Å². The van der Waals surface area contributed by atoms with Crippen LogP contribution in [0.15, 0.2) is 36.4 Å². The van der Waals surface area contributed by atoms with E-state index in [2.05, 4.69) is 5.32 Å². The number of nitrogens with zero attached hydrogens (tertiary/aromatic N) is 1. The molecule has 26 heavy (non-hydrogen) atoms. The average Bonchev–Trinajstić information content (AvgIpc) is 2.61. The summed E-state index contributed by atoms with van der Waals surface area (Å²) in [4.78, 5) is 14.3. The molecule has 1 unspecified atom stereocenters. The van der Waals surface area contributed by atoms with Crippen molar-refractivity contribution >= 4 is 23.2 Å². The highest BCUT2D eigenvalue weighted by molar-refractivity contribution is 6.32. The van der Waals surface area contributed by atoms with Gasteiger partial charge in [-0.2, -0.15) is 0 Å². The molecule has 0 bridgehead atoms. The number of nitrogens with one attached hydrogen (secondary N) is 1. The Balaban J connectivity index is 2.06. The van der Waals surface area contributed by atoms with Crippen molar-refractivity contribution < 1.29 is 18.7 Å². The first kappa shape index (κ1) is 20.0. The molecule has 0 spiro atoms. The first-order valence-electron chi connectivity index (χ1n) is 8.02. The standard InChI is InChI=1S/C19H22ClFN2O3/c1-12(13-5-7-14(21)8-6-13)23(2)11-19(24)22-16-9-15(20)17(25-3)10-18(16)26-4/h5-10,12H,11H2,1-4H3,(H,22,24). The normalized spacial score (nSPS) is 12.0. The summed E-state index contributed by atoms with van der Waals surface area (Å²) in [5.41, 5.74) is 1.39. The average molecular weight is 381 g/mol. The van der Waals surface area contributed by atoms with Crippen LogP contribution in [0, 0.1) is 5.82 Å². The summed E-state index contributed by atoms with van der Waals surface area (Å²) in [6, 6.07) is 9.38. The highest BCUT2D eigenvalue weighted by atomic mass is 35.5. The molecule has 0 heterocycles. The minimum atomic E-state index is -0.287. The number of benzene rings is 2. The first-order valence-corrected chi connectivity index (χ1v) is 8.40. The van der Waals surface area contributed by atoms with E-state index in [-0.39, 0.29) is 24.3 Å². The second-order valence-electron chi connectivity index (χ2n) is 5.88. The molecule has 1 amide bonds. The van der Waals surface area contributed by atoms with Crippen LogP contribution in [-0.2, 0) is 4.79 Å². The van der Waals surface area contributed by atoms with E-state index >= 15 is 0 Å². The van der Waals surface area contributed by atoms with E-state index in [4.69, 9.17) is 21.1 Å². The smallest absolute Gasteiger partial charge is 0.238 e. The number of anilines is 1. The molecule has 0 radical (unpaired) electrons. The number of hydrogen-bond donors (Lipinski definition) is 1. The van der Waals surface area contributed by atoms with Crippen molar-refractivity contribution in [3.05, 3.63) is 52.8 Å². The third kappa shape index (κ3) is 4.86. The number of rotatable bonds is 7. The Hall–Kier alpha value is -2.31. The Morgan fingerprint density at radius 1 is 1.19 bits per heavy atom. The van der Waals surface area contributed by atoms with Crippen molar-refractivity contribution in [3.8, 4) is 11.5 Å². The third-order valence-corrected chi connectivity index (χ3v) is 4.45. The van der Waals surface area contributed by atoms with Gasteiger partial charge in [0.15, 0.2) is 0 Å². The Bertz CT molecular complexity index is 768. The van der Waals surface area contributed by atoms with Crippen molar-refractivity contribution in [2.75, 3.05) is 33.1 Å². The second kappa shape index (κ2) is 8.87. The highest BCUT2D eigenvalue weighted by Crippen LogP contribution is 2.35. The van der Waals surface area contributed by atoms with Crippen LogP contribution in [0.25, 0.3) is 0 Å². The lowest BCUT2D eigenvalue weighted by Gasteiger charge is -2.24. The van der Waals surface area contributed by atoms with Crippen LogP contribution in [0.5, 0.6) is 11.5 Å². The van der Waals surface area contributed by atoms with E-state index in [1.165, 1.54) is 26.4 Å². The van der Waals surface area contributed by atoms with Gasteiger partial charge in [-0.25, -0.2) is 4.39 Å². The SMILES string of the molecule is COc1cc(OC)c(NC(=O)CN(C)C(C)c2ccc(F)cc2)cc1Cl. The summed E-state index contributed by atoms with van der Waals surface area (Å²) in [5.74, 6) is 0.406. The molecule has 0 aromatic heterocycles. The summed E-state index contributed by atoms with van der Waals surface area (Å²) < 4.78 is 23.5. The minimum Gasteiger partial charge on any atom is -0.495 e. The zero-order valence-corrected chi connectivity index (χ0v) is 15.9. The van der Waals surface area contributed by atoms with Gasteiger partial charge in [-0.1, -0.05) is 23.7 Å². The Morgan fingerprint density at radius 3 is 2.38 bits per heavy atom. The number of carbonyl (C=O) groups excluding carboxylic acids is 1. The van der Waals surface area contributed by atoms with Crippen molar-refractivity contribution in [1.82, 2.24) is 4.90 Å². The number of likely N-dealkylation sites (N-methyl/N-ethyl adjacent to an activating group) is 1. The van der Waals surface area contributed by atoms with Gasteiger partial charge in [0.05, 0.1) is 31.5 Å². The van der Waals surface area contributed by atoms with Gasteiger partial charge in [0.25, 0.3) is 0 Å². The quantitative estimate of drug-likeness (QED) is 0.784. The molecule has 0 saturated heterocycles. The molecule has 5 nitrogen and oxygen atoms in total. The van der Waals surface area contributed by atoms with Crippen LogP contribution in [0.3, 0.4) is 0 Å². The van der Waals surface area contributed by atoms with Crippen LogP contribution in [0.1, 0.15) is 18.5 Å². The lowest BCUT2D eigenvalue weighted by molar-refractivity contribution is -0.117. The van der Waals surface area contributed by atoms with Gasteiger partial charge in [-0.15, -0.1) is 0 Å². The van der Waals surface area contributed by atoms with E-state index in [9.17, 15) is 9.18 Å². The molecule has 2 rings (SSSR count). The summed E-state index contributed by atoms with van der Waals surface area (Å²) in [7, 11) is 4.83. The number of carbonyl (C=O) groups is 1. The fourth-order valence-corrected chi connectivity index (χ4v) is 2.75. The molecule has 7 heteroatoms. The molecule has 0 saturated carbocycles. The summed E-state index contributed by atoms with van der Waals surface area (Å²) in [6.45, 7) is 2.09. The maximum absolute atomic E-state index is 13.1. The maximum atomic E-state index is 13.1. The van der Waals surface area contributed by atoms with Crippen LogP contribution in [0.2, 0.25) is 5.02 Å². The van der Waals surface area contributed by atoms with Gasteiger partial charge in [0.2, 0.25) is 5.91 Å². The molecular weight excluding hydrogens is 359 g/mol. The van der Waals surface area contributed by atoms with Crippen LogP contribution in [-0.4, -0.2) is 38.6 Å². The maximum Gasteiger partial charge on any atom is 0.238 e. The molecule has 0 aliphatic heterocycles. The van der Waals surface area contributed by atoms with Crippen LogP contribution < -0.4 is 14.8 Å². The van der Waals surface area contributed by atoms with Gasteiger partial charge in [-0.05, 0) is 37.7 Å². The molecular formula is C19H22ClFN2O3. The molecule has 140 valence electrons. The minimum absolute atomic E-state index is 0.0531. The fraction of sp³-hybridized carbons (Fsp3) is 0.316. The number of halogens is 2. The molecule has 1 atom stereocenters. The Labute approximate surface area is 157 Å². The third-order valence-electron chi connectivity index (χ3n) is 4.15. The number of methoxy groups -OCH3 is 2. The monoisotopic (exact) mass is 380 g/mol. The van der Waals surface area contributed by atoms with Gasteiger partial charge in [0.1, 0.15) is 17.3 Å². The first-order chi connectivity index (χ1) is 12.3. The van der Waals surface area contributed by atoms with Crippen LogP contribution in [0.4, 0.5) is 10.1 Å². The zero-order valence-electron chi connectivity index (χ0n) is 15.2. The fourth-order valence-electron chi connectivity index (χ4n) is 2.51. The van der Waals surface area contributed by atoms with E-state index in [1.54, 1.807) is 24.3 Å². The molecule has 0 aliphatic carbocycles. The molecule has 2 aromatic rings. The predicted molar refractivity (Wildman–Crippen MR) is 101 cm³/mol. The Kier molecular flexibility index (Phi) is 6.83. The summed E-state index contributed by atoms with van der Waals surface area (Å²) >= 11 is 6.12. The van der Waals surface area contributed by atoms with Crippen LogP contribution >= 0.6 is 11.6 Å². The lowest BCUT2D eigenvalue weighted by Crippen LogP contribution is -2.32. The highest BCUT2D eigenvalue weighted by Gasteiger charge is 2.17. The van der Waals surface area contributed by atoms with Gasteiger partial charge in [0, 0.05) is 12.1 Å². The van der Waals surface area contributed by atoms with Crippen molar-refractivity contribution in [2.45, 2.75) is 13.0 Å². The van der Waals surface area contributed by atoms with Gasteiger partial charge in [-0.3, -0.25) is 9.69 Å². The zero-order chi connectivity index (χ0) is 19.3. The summed E-state index contributed by atoms with van der Waals surface area (Å²) in [5, 5.41) is 3.17. The summed E-state index contributed by atoms with van der Waals surface area (Å²) in [6.07, 6.45) is 0. The molecule has 2 aromatic carbocycles. The molecule has 0 aliphatic rings.